The molecule has 0 aliphatic rings. The summed E-state index contributed by atoms with van der Waals surface area (Å²) in [6.07, 6.45) is 1.66. The molecule has 1 heterocycles. The molecule has 1 aromatic carbocycles. The van der Waals surface area contributed by atoms with Crippen molar-refractivity contribution in [2.45, 2.75) is 45.8 Å². The van der Waals surface area contributed by atoms with Crippen molar-refractivity contribution in [3.05, 3.63) is 42.2 Å². The summed E-state index contributed by atoms with van der Waals surface area (Å²) in [6.45, 7) is 9.01. The van der Waals surface area contributed by atoms with E-state index in [-0.39, 0.29) is 0 Å². The molecule has 6 heteroatoms. The van der Waals surface area contributed by atoms with E-state index in [1.807, 2.05) is 51.1 Å². The molecule has 0 saturated heterocycles. The smallest absolute Gasteiger partial charge is 0.330 e. The largest absolute Gasteiger partial charge is 0.427 e. The monoisotopic (exact) mass is 313 g/mol. The Morgan fingerprint density at radius 2 is 1.70 bits per heavy atom. The highest BCUT2D eigenvalue weighted by atomic mass is 16.5. The Kier molecular flexibility index (Phi) is 5.07. The van der Waals surface area contributed by atoms with Crippen LogP contribution in [0.5, 0.6) is 11.8 Å². The highest BCUT2D eigenvalue weighted by Gasteiger charge is 2.35. The highest BCUT2D eigenvalue weighted by Crippen LogP contribution is 2.24. The summed E-state index contributed by atoms with van der Waals surface area (Å²) in [5.74, 6) is 0.648. The maximum atomic E-state index is 10.1. The lowest BCUT2D eigenvalue weighted by molar-refractivity contribution is -0.0893. The van der Waals surface area contributed by atoms with Crippen LogP contribution >= 0.6 is 0 Å². The van der Waals surface area contributed by atoms with Crippen LogP contribution in [0, 0.1) is 6.92 Å². The van der Waals surface area contributed by atoms with Crippen molar-refractivity contribution in [2.75, 3.05) is 0 Å². The Morgan fingerprint density at radius 1 is 1.04 bits per heavy atom. The second-order valence-electron chi connectivity index (χ2n) is 6.46. The van der Waals surface area contributed by atoms with Crippen molar-refractivity contribution in [2.24, 2.45) is 0 Å². The average molecular weight is 313 g/mol. The van der Waals surface area contributed by atoms with Gasteiger partial charge in [0, 0.05) is 11.9 Å². The van der Waals surface area contributed by atoms with E-state index in [9.17, 15) is 5.11 Å². The lowest BCUT2D eigenvalue weighted by Gasteiger charge is -2.37. The van der Waals surface area contributed by atoms with Crippen LogP contribution in [0.4, 0.5) is 0 Å². The zero-order valence-electron chi connectivity index (χ0n) is 14.2. The summed E-state index contributed by atoms with van der Waals surface area (Å²) in [5, 5.41) is 10.1. The van der Waals surface area contributed by atoms with Crippen LogP contribution in [0.25, 0.3) is 0 Å². The molecule has 0 atom stereocenters. The maximum absolute atomic E-state index is 10.1. The minimum absolute atomic E-state index is 0.321. The molecular weight excluding hydrogens is 291 g/mol. The summed E-state index contributed by atoms with van der Waals surface area (Å²) in [4.78, 5) is 8.25. The molecule has 2 rings (SSSR count). The van der Waals surface area contributed by atoms with Crippen LogP contribution in [0.1, 0.15) is 33.4 Å². The quantitative estimate of drug-likeness (QED) is 0.830. The Hall–Kier alpha value is -1.92. The molecule has 5 nitrogen and oxygen atoms in total. The number of aryl methyl sites for hydroxylation is 1. The zero-order chi connectivity index (χ0) is 17.1. The third-order valence-electron chi connectivity index (χ3n) is 3.82. The van der Waals surface area contributed by atoms with Crippen molar-refractivity contribution in [1.29, 1.82) is 0 Å². The van der Waals surface area contributed by atoms with Gasteiger partial charge in [-0.1, -0.05) is 17.6 Å². The number of hydrogen-bond donors (Lipinski definition) is 1. The first-order valence-corrected chi connectivity index (χ1v) is 7.48. The topological polar surface area (TPSA) is 64.5 Å². The van der Waals surface area contributed by atoms with Gasteiger partial charge in [-0.15, -0.1) is 0 Å². The zero-order valence-corrected chi connectivity index (χ0v) is 14.2. The van der Waals surface area contributed by atoms with Crippen molar-refractivity contribution < 1.29 is 14.5 Å². The van der Waals surface area contributed by atoms with Gasteiger partial charge >= 0.3 is 13.5 Å². The molecule has 121 valence electrons. The van der Waals surface area contributed by atoms with Crippen molar-refractivity contribution in [3.63, 3.8) is 0 Å². The molecular formula is C17H22BN2O3. The van der Waals surface area contributed by atoms with Gasteiger partial charge in [0.05, 0.1) is 11.2 Å². The van der Waals surface area contributed by atoms with Gasteiger partial charge < -0.3 is 14.5 Å². The van der Waals surface area contributed by atoms with E-state index >= 15 is 0 Å². The average Bonchev–Trinajstić information content (AvgIpc) is 2.45. The van der Waals surface area contributed by atoms with Gasteiger partial charge in [0.1, 0.15) is 5.75 Å². The second-order valence-corrected chi connectivity index (χ2v) is 6.46. The van der Waals surface area contributed by atoms with E-state index in [0.29, 0.717) is 11.8 Å². The van der Waals surface area contributed by atoms with Gasteiger partial charge in [-0.3, -0.25) is 0 Å². The molecule has 0 saturated carbocycles. The van der Waals surface area contributed by atoms with Crippen LogP contribution in [-0.2, 0) is 4.65 Å². The summed E-state index contributed by atoms with van der Waals surface area (Å²) in [5.41, 5.74) is 0.0779. The number of aliphatic hydroxyl groups is 1. The van der Waals surface area contributed by atoms with Gasteiger partial charge in [-0.2, -0.15) is 0 Å². The van der Waals surface area contributed by atoms with Crippen LogP contribution in [0.3, 0.4) is 0 Å². The fourth-order valence-corrected chi connectivity index (χ4v) is 1.55. The van der Waals surface area contributed by atoms with Crippen molar-refractivity contribution in [3.8, 4) is 11.8 Å². The predicted octanol–water partition coefficient (Wildman–Crippen LogP) is 2.39. The first kappa shape index (κ1) is 17.4. The molecule has 0 spiro atoms. The highest BCUT2D eigenvalue weighted by molar-refractivity contribution is 6.47. The molecule has 0 bridgehead atoms. The normalized spacial score (nSPS) is 12.1. The Bertz CT molecular complexity index is 652. The standard InChI is InChI=1S/C17H22BN2O3/c1-12-10-11-19-15(20-12)22-14-8-6-13(7-9-14)18-23-17(4,5)16(2,3)21/h6-11,21H,1-5H3. The molecule has 2 aromatic rings. The fourth-order valence-electron chi connectivity index (χ4n) is 1.55. The van der Waals surface area contributed by atoms with E-state index in [4.69, 9.17) is 9.39 Å². The lowest BCUT2D eigenvalue weighted by Crippen LogP contribution is -2.49. The van der Waals surface area contributed by atoms with E-state index in [1.54, 1.807) is 27.5 Å². The second kappa shape index (κ2) is 6.68. The first-order chi connectivity index (χ1) is 10.7. The van der Waals surface area contributed by atoms with Gasteiger partial charge in [0.25, 0.3) is 0 Å². The summed E-state index contributed by atoms with van der Waals surface area (Å²) >= 11 is 0. The Morgan fingerprint density at radius 3 is 2.26 bits per heavy atom. The molecule has 0 aliphatic carbocycles. The number of nitrogens with zero attached hydrogens (tertiary/aromatic N) is 2. The van der Waals surface area contributed by atoms with E-state index in [0.717, 1.165) is 11.2 Å². The van der Waals surface area contributed by atoms with Crippen LogP contribution in [-0.4, -0.2) is 33.8 Å². The van der Waals surface area contributed by atoms with Gasteiger partial charge in [0.2, 0.25) is 0 Å². The fraction of sp³-hybridized carbons (Fsp3) is 0.412. The van der Waals surface area contributed by atoms with Gasteiger partial charge in [-0.05, 0) is 52.8 Å². The van der Waals surface area contributed by atoms with E-state index in [2.05, 4.69) is 9.97 Å². The molecule has 1 radical (unpaired) electrons. The van der Waals surface area contributed by atoms with Crippen LogP contribution in [0.2, 0.25) is 0 Å². The number of hydrogen-bond acceptors (Lipinski definition) is 5. The molecule has 1 aromatic heterocycles. The Balaban J connectivity index is 1.97. The minimum atomic E-state index is -0.949. The Labute approximate surface area is 138 Å². The first-order valence-electron chi connectivity index (χ1n) is 7.48. The van der Waals surface area contributed by atoms with E-state index in [1.165, 1.54) is 0 Å². The summed E-state index contributed by atoms with van der Waals surface area (Å²) in [6, 6.07) is 9.50. The number of benzene rings is 1. The number of rotatable bonds is 6. The molecule has 1 N–H and O–H groups in total. The molecule has 0 fully saturated rings. The number of aromatic nitrogens is 2. The summed E-state index contributed by atoms with van der Waals surface area (Å²) < 4.78 is 11.3. The van der Waals surface area contributed by atoms with Crippen molar-refractivity contribution in [1.82, 2.24) is 9.97 Å². The van der Waals surface area contributed by atoms with Crippen LogP contribution in [0.15, 0.2) is 36.5 Å². The van der Waals surface area contributed by atoms with E-state index < -0.39 is 11.2 Å². The predicted molar refractivity (Wildman–Crippen MR) is 90.1 cm³/mol. The third kappa shape index (κ3) is 4.78. The lowest BCUT2D eigenvalue weighted by atomic mass is 9.82. The summed E-state index contributed by atoms with van der Waals surface area (Å²) in [7, 11) is 1.63. The van der Waals surface area contributed by atoms with Crippen LogP contribution < -0.4 is 10.2 Å². The molecule has 0 aliphatic heterocycles. The van der Waals surface area contributed by atoms with Gasteiger partial charge in [-0.25, -0.2) is 9.97 Å². The minimum Gasteiger partial charge on any atom is -0.427 e. The van der Waals surface area contributed by atoms with Crippen molar-refractivity contribution >= 4 is 12.9 Å². The molecule has 0 amide bonds. The SMILES string of the molecule is Cc1ccnc(Oc2ccc([B]OC(C)(C)C(C)(C)O)cc2)n1. The maximum Gasteiger partial charge on any atom is 0.330 e. The molecule has 0 unspecified atom stereocenters. The molecule has 23 heavy (non-hydrogen) atoms. The van der Waals surface area contributed by atoms with Gasteiger partial charge in [0.15, 0.2) is 0 Å². The third-order valence-corrected chi connectivity index (χ3v) is 3.82. The number of ether oxygens (including phenoxy) is 1.